The lowest BCUT2D eigenvalue weighted by atomic mass is 10.1. The fourth-order valence-corrected chi connectivity index (χ4v) is 1.01. The second kappa shape index (κ2) is 5.64. The van der Waals surface area contributed by atoms with E-state index >= 15 is 0 Å². The molecule has 0 saturated heterocycles. The van der Waals surface area contributed by atoms with Crippen LogP contribution in [0.15, 0.2) is 35.6 Å². The van der Waals surface area contributed by atoms with E-state index in [1.165, 1.54) is 16.8 Å². The fraction of sp³-hybridized carbons (Fsp3) is 0.455. The standard InChI is InChI=1S/C11H19N/c1-6-9(4)10(5)11(7-2)12-8-3/h6-7,12H,1,8H2,2-5H3/b10-9-,11-7?. The van der Waals surface area contributed by atoms with Crippen molar-refractivity contribution >= 4 is 0 Å². The van der Waals surface area contributed by atoms with Crippen molar-refractivity contribution < 1.29 is 0 Å². The van der Waals surface area contributed by atoms with Gasteiger partial charge in [0, 0.05) is 12.2 Å². The molecule has 0 spiro atoms. The second-order valence-corrected chi connectivity index (χ2v) is 2.74. The molecule has 0 fully saturated rings. The van der Waals surface area contributed by atoms with E-state index < -0.39 is 0 Å². The summed E-state index contributed by atoms with van der Waals surface area (Å²) in [7, 11) is 0. The van der Waals surface area contributed by atoms with Crippen molar-refractivity contribution in [2.24, 2.45) is 0 Å². The van der Waals surface area contributed by atoms with Crippen molar-refractivity contribution in [3.05, 3.63) is 35.6 Å². The zero-order valence-corrected chi connectivity index (χ0v) is 8.57. The van der Waals surface area contributed by atoms with E-state index in [0.29, 0.717) is 0 Å². The quantitative estimate of drug-likeness (QED) is 0.631. The molecular formula is C11H19N. The largest absolute Gasteiger partial charge is 0.385 e. The van der Waals surface area contributed by atoms with Gasteiger partial charge in [-0.15, -0.1) is 0 Å². The Morgan fingerprint density at radius 3 is 2.33 bits per heavy atom. The first kappa shape index (κ1) is 11.0. The van der Waals surface area contributed by atoms with Crippen LogP contribution in [0, 0.1) is 0 Å². The van der Waals surface area contributed by atoms with Crippen LogP contribution in [-0.2, 0) is 0 Å². The number of allylic oxidation sites excluding steroid dienone is 4. The summed E-state index contributed by atoms with van der Waals surface area (Å²) < 4.78 is 0. The van der Waals surface area contributed by atoms with Gasteiger partial charge in [-0.25, -0.2) is 0 Å². The van der Waals surface area contributed by atoms with Crippen LogP contribution in [0.4, 0.5) is 0 Å². The molecule has 1 nitrogen and oxygen atoms in total. The van der Waals surface area contributed by atoms with Gasteiger partial charge >= 0.3 is 0 Å². The molecule has 0 radical (unpaired) electrons. The molecule has 0 amide bonds. The van der Waals surface area contributed by atoms with E-state index in [1.54, 1.807) is 0 Å². The Kier molecular flexibility index (Phi) is 5.18. The maximum Gasteiger partial charge on any atom is 0.0329 e. The van der Waals surface area contributed by atoms with Crippen LogP contribution in [0.25, 0.3) is 0 Å². The van der Waals surface area contributed by atoms with Gasteiger partial charge in [-0.3, -0.25) is 0 Å². The van der Waals surface area contributed by atoms with Gasteiger partial charge in [-0.2, -0.15) is 0 Å². The van der Waals surface area contributed by atoms with Gasteiger partial charge in [0.1, 0.15) is 0 Å². The fourth-order valence-electron chi connectivity index (χ4n) is 1.01. The third kappa shape index (κ3) is 2.95. The summed E-state index contributed by atoms with van der Waals surface area (Å²) in [5.41, 5.74) is 3.70. The highest BCUT2D eigenvalue weighted by Gasteiger charge is 1.98. The third-order valence-electron chi connectivity index (χ3n) is 1.96. The van der Waals surface area contributed by atoms with Gasteiger partial charge in [-0.1, -0.05) is 18.7 Å². The zero-order chi connectivity index (χ0) is 9.56. The van der Waals surface area contributed by atoms with Crippen molar-refractivity contribution in [3.63, 3.8) is 0 Å². The lowest BCUT2D eigenvalue weighted by Gasteiger charge is -2.10. The van der Waals surface area contributed by atoms with Crippen LogP contribution in [0.3, 0.4) is 0 Å². The average molecular weight is 165 g/mol. The molecular weight excluding hydrogens is 146 g/mol. The van der Waals surface area contributed by atoms with Crippen LogP contribution < -0.4 is 5.32 Å². The van der Waals surface area contributed by atoms with Crippen molar-refractivity contribution in [2.45, 2.75) is 27.7 Å². The highest BCUT2D eigenvalue weighted by molar-refractivity contribution is 5.35. The van der Waals surface area contributed by atoms with Gasteiger partial charge in [0.05, 0.1) is 0 Å². The molecule has 1 heteroatoms. The predicted octanol–water partition coefficient (Wildman–Crippen LogP) is 3.02. The molecule has 0 aromatic rings. The van der Waals surface area contributed by atoms with E-state index in [9.17, 15) is 0 Å². The molecule has 1 N–H and O–H groups in total. The topological polar surface area (TPSA) is 12.0 Å². The van der Waals surface area contributed by atoms with Crippen LogP contribution in [0.2, 0.25) is 0 Å². The lowest BCUT2D eigenvalue weighted by molar-refractivity contribution is 0.856. The van der Waals surface area contributed by atoms with E-state index in [-0.39, 0.29) is 0 Å². The van der Waals surface area contributed by atoms with Gasteiger partial charge in [-0.05, 0) is 38.8 Å². The number of nitrogens with one attached hydrogen (secondary N) is 1. The normalized spacial score (nSPS) is 13.8. The lowest BCUT2D eigenvalue weighted by Crippen LogP contribution is -2.13. The predicted molar refractivity (Wildman–Crippen MR) is 56.0 cm³/mol. The molecule has 0 heterocycles. The summed E-state index contributed by atoms with van der Waals surface area (Å²) in [5.74, 6) is 0. The molecule has 0 bridgehead atoms. The minimum atomic E-state index is 0.960. The molecule has 0 aromatic carbocycles. The Balaban J connectivity index is 4.64. The Labute approximate surface area is 75.9 Å². The highest BCUT2D eigenvalue weighted by atomic mass is 14.9. The number of hydrogen-bond donors (Lipinski definition) is 1. The first-order valence-electron chi connectivity index (χ1n) is 4.37. The SMILES string of the molecule is C=C/C(C)=C(/C)C(=CC)NCC. The minimum absolute atomic E-state index is 0.960. The molecule has 0 atom stereocenters. The number of rotatable bonds is 4. The van der Waals surface area contributed by atoms with E-state index in [4.69, 9.17) is 0 Å². The summed E-state index contributed by atoms with van der Waals surface area (Å²) in [6.07, 6.45) is 3.97. The molecule has 0 aromatic heterocycles. The maximum atomic E-state index is 3.75. The molecule has 0 rings (SSSR count). The van der Waals surface area contributed by atoms with E-state index in [2.05, 4.69) is 38.7 Å². The summed E-state index contributed by atoms with van der Waals surface area (Å²) in [4.78, 5) is 0. The van der Waals surface area contributed by atoms with Crippen molar-refractivity contribution in [2.75, 3.05) is 6.54 Å². The average Bonchev–Trinajstić information content (AvgIpc) is 2.11. The first-order valence-corrected chi connectivity index (χ1v) is 4.37. The van der Waals surface area contributed by atoms with Gasteiger partial charge in [0.2, 0.25) is 0 Å². The van der Waals surface area contributed by atoms with Crippen molar-refractivity contribution in [1.82, 2.24) is 5.32 Å². The monoisotopic (exact) mass is 165 g/mol. The van der Waals surface area contributed by atoms with E-state index in [0.717, 1.165) is 6.54 Å². The minimum Gasteiger partial charge on any atom is -0.385 e. The second-order valence-electron chi connectivity index (χ2n) is 2.74. The van der Waals surface area contributed by atoms with Gasteiger partial charge < -0.3 is 5.32 Å². The van der Waals surface area contributed by atoms with Crippen LogP contribution in [0.1, 0.15) is 27.7 Å². The molecule has 12 heavy (non-hydrogen) atoms. The zero-order valence-electron chi connectivity index (χ0n) is 8.57. The van der Waals surface area contributed by atoms with Crippen molar-refractivity contribution in [3.8, 4) is 0 Å². The summed E-state index contributed by atoms with van der Waals surface area (Å²) in [6, 6.07) is 0. The van der Waals surface area contributed by atoms with E-state index in [1.807, 2.05) is 13.0 Å². The Bertz CT molecular complexity index is 209. The molecule has 0 aliphatic carbocycles. The summed E-state index contributed by atoms with van der Waals surface area (Å²) >= 11 is 0. The van der Waals surface area contributed by atoms with Crippen LogP contribution in [-0.4, -0.2) is 6.54 Å². The van der Waals surface area contributed by atoms with Crippen LogP contribution >= 0.6 is 0 Å². The third-order valence-corrected chi connectivity index (χ3v) is 1.96. The Hall–Kier alpha value is -0.980. The summed E-state index contributed by atoms with van der Waals surface area (Å²) in [5, 5.41) is 3.30. The smallest absolute Gasteiger partial charge is 0.0329 e. The highest BCUT2D eigenvalue weighted by Crippen LogP contribution is 2.11. The van der Waals surface area contributed by atoms with Gasteiger partial charge in [0.15, 0.2) is 0 Å². The summed E-state index contributed by atoms with van der Waals surface area (Å²) in [6.45, 7) is 13.0. The van der Waals surface area contributed by atoms with Gasteiger partial charge in [0.25, 0.3) is 0 Å². The first-order chi connectivity index (χ1) is 5.67. The molecule has 68 valence electrons. The Morgan fingerprint density at radius 1 is 1.42 bits per heavy atom. The van der Waals surface area contributed by atoms with Crippen molar-refractivity contribution in [1.29, 1.82) is 0 Å². The number of likely N-dealkylation sites (N-methyl/N-ethyl adjacent to an activating group) is 1. The molecule has 0 aliphatic rings. The molecule has 0 aliphatic heterocycles. The Morgan fingerprint density at radius 2 is 2.00 bits per heavy atom. The molecule has 0 unspecified atom stereocenters. The van der Waals surface area contributed by atoms with Crippen LogP contribution in [0.5, 0.6) is 0 Å². The number of hydrogen-bond acceptors (Lipinski definition) is 1. The molecule has 0 saturated carbocycles. The maximum absolute atomic E-state index is 3.75.